The molecule has 9 heteroatoms. The molecule has 1 atom stereocenters. The van der Waals surface area contributed by atoms with Crippen LogP contribution in [0.3, 0.4) is 0 Å². The lowest BCUT2D eigenvalue weighted by atomic mass is 9.87. The minimum atomic E-state index is -3.85. The number of nitrogens with zero attached hydrogens (tertiary/aromatic N) is 1. The fraction of sp³-hybridized carbons (Fsp3) is 0.208. The fourth-order valence-corrected chi connectivity index (χ4v) is 5.40. The normalized spacial score (nSPS) is 16.5. The third kappa shape index (κ3) is 4.75. The third-order valence-corrected chi connectivity index (χ3v) is 7.39. The molecule has 3 aromatic carbocycles. The second-order valence-corrected chi connectivity index (χ2v) is 9.92. The Kier molecular flexibility index (Phi) is 6.20. The molecule has 1 fully saturated rings. The maximum Gasteiger partial charge on any atom is 0.320 e. The van der Waals surface area contributed by atoms with Gasteiger partial charge in [0.15, 0.2) is 5.60 Å². The number of halogens is 1. The van der Waals surface area contributed by atoms with Gasteiger partial charge in [0, 0.05) is 0 Å². The predicted octanol–water partition coefficient (Wildman–Crippen LogP) is 2.76. The summed E-state index contributed by atoms with van der Waals surface area (Å²) in [5, 5.41) is 9.02. The van der Waals surface area contributed by atoms with E-state index in [-0.39, 0.29) is 24.4 Å². The highest BCUT2D eigenvalue weighted by Crippen LogP contribution is 2.40. The zero-order valence-corrected chi connectivity index (χ0v) is 18.4. The molecule has 0 aromatic heterocycles. The minimum Gasteiger partial charge on any atom is -0.480 e. The number of carboxylic acid groups (broad SMARTS) is 1. The number of carbonyl (C=O) groups is 1. The van der Waals surface area contributed by atoms with Gasteiger partial charge in [-0.1, -0.05) is 42.5 Å². The first-order valence-electron chi connectivity index (χ1n) is 10.3. The van der Waals surface area contributed by atoms with Crippen molar-refractivity contribution in [3.63, 3.8) is 0 Å². The second kappa shape index (κ2) is 8.93. The van der Waals surface area contributed by atoms with Gasteiger partial charge < -0.3 is 15.6 Å². The van der Waals surface area contributed by atoms with Gasteiger partial charge in [0.2, 0.25) is 10.0 Å². The van der Waals surface area contributed by atoms with Gasteiger partial charge in [-0.2, -0.15) is 4.31 Å². The van der Waals surface area contributed by atoms with Crippen molar-refractivity contribution in [2.24, 2.45) is 5.73 Å². The SMILES string of the molecule is NC(Cc1cccc(S(=O)(=O)N2CC(Oc3ccc(F)cc3)(c3ccccc3)C2)c1)C(=O)O. The summed E-state index contributed by atoms with van der Waals surface area (Å²) in [5.74, 6) is -1.12. The number of carboxylic acids is 1. The third-order valence-electron chi connectivity index (χ3n) is 5.60. The lowest BCUT2D eigenvalue weighted by molar-refractivity contribution is -0.138. The molecule has 0 aliphatic carbocycles. The van der Waals surface area contributed by atoms with Gasteiger partial charge in [0.25, 0.3) is 0 Å². The highest BCUT2D eigenvalue weighted by molar-refractivity contribution is 7.89. The average Bonchev–Trinajstić information content (AvgIpc) is 2.78. The summed E-state index contributed by atoms with van der Waals surface area (Å²) in [4.78, 5) is 11.1. The van der Waals surface area contributed by atoms with Crippen molar-refractivity contribution < 1.29 is 27.4 Å². The van der Waals surface area contributed by atoms with Crippen LogP contribution in [0.25, 0.3) is 0 Å². The van der Waals surface area contributed by atoms with Gasteiger partial charge in [-0.3, -0.25) is 4.79 Å². The molecule has 3 aromatic rings. The van der Waals surface area contributed by atoms with E-state index in [0.29, 0.717) is 11.3 Å². The maximum absolute atomic E-state index is 13.3. The molecule has 1 aliphatic rings. The molecule has 0 saturated carbocycles. The van der Waals surface area contributed by atoms with Crippen LogP contribution in [0.1, 0.15) is 11.1 Å². The summed E-state index contributed by atoms with van der Waals surface area (Å²) in [6.07, 6.45) is 0.0142. The zero-order chi connectivity index (χ0) is 23.6. The molecule has 0 radical (unpaired) electrons. The standard InChI is InChI=1S/C24H23FN2O5S/c25-19-9-11-20(12-10-19)32-24(18-6-2-1-3-7-18)15-27(16-24)33(30,31)21-8-4-5-17(13-21)14-22(26)23(28)29/h1-13,22H,14-16,26H2,(H,28,29). The highest BCUT2D eigenvalue weighted by Gasteiger charge is 2.52. The van der Waals surface area contributed by atoms with E-state index in [9.17, 15) is 17.6 Å². The molecule has 7 nitrogen and oxygen atoms in total. The number of aliphatic carboxylic acids is 1. The monoisotopic (exact) mass is 470 g/mol. The Morgan fingerprint density at radius 1 is 1.06 bits per heavy atom. The van der Waals surface area contributed by atoms with Crippen molar-refractivity contribution in [3.8, 4) is 5.75 Å². The van der Waals surface area contributed by atoms with Crippen LogP contribution in [-0.4, -0.2) is 42.9 Å². The molecular weight excluding hydrogens is 447 g/mol. The molecular formula is C24H23FN2O5S. The molecule has 1 aliphatic heterocycles. The number of hydrogen-bond acceptors (Lipinski definition) is 5. The van der Waals surface area contributed by atoms with Gasteiger partial charge >= 0.3 is 5.97 Å². The average molecular weight is 471 g/mol. The minimum absolute atomic E-state index is 0.0142. The van der Waals surface area contributed by atoms with E-state index >= 15 is 0 Å². The van der Waals surface area contributed by atoms with Gasteiger partial charge in [-0.15, -0.1) is 0 Å². The Labute approximate surface area is 191 Å². The highest BCUT2D eigenvalue weighted by atomic mass is 32.2. The van der Waals surface area contributed by atoms with Gasteiger partial charge in [0.1, 0.15) is 17.6 Å². The van der Waals surface area contributed by atoms with E-state index in [1.54, 1.807) is 12.1 Å². The predicted molar refractivity (Wildman–Crippen MR) is 120 cm³/mol. The van der Waals surface area contributed by atoms with Gasteiger partial charge in [-0.25, -0.2) is 12.8 Å². The summed E-state index contributed by atoms with van der Waals surface area (Å²) >= 11 is 0. The van der Waals surface area contributed by atoms with Crippen molar-refractivity contribution in [1.82, 2.24) is 4.31 Å². The van der Waals surface area contributed by atoms with E-state index in [4.69, 9.17) is 15.6 Å². The summed E-state index contributed by atoms with van der Waals surface area (Å²) in [5.41, 5.74) is 5.99. The van der Waals surface area contributed by atoms with Gasteiger partial charge in [-0.05, 0) is 53.9 Å². The lowest BCUT2D eigenvalue weighted by Gasteiger charge is -2.48. The quantitative estimate of drug-likeness (QED) is 0.524. The van der Waals surface area contributed by atoms with E-state index in [1.807, 2.05) is 30.3 Å². The molecule has 0 amide bonds. The van der Waals surface area contributed by atoms with Crippen molar-refractivity contribution in [2.45, 2.75) is 23.0 Å². The first kappa shape index (κ1) is 22.9. The topological polar surface area (TPSA) is 110 Å². The van der Waals surface area contributed by atoms with E-state index in [0.717, 1.165) is 5.56 Å². The van der Waals surface area contributed by atoms with Crippen LogP contribution in [0.5, 0.6) is 5.75 Å². The lowest BCUT2D eigenvalue weighted by Crippen LogP contribution is -2.64. The molecule has 0 bridgehead atoms. The smallest absolute Gasteiger partial charge is 0.320 e. The van der Waals surface area contributed by atoms with E-state index in [2.05, 4.69) is 0 Å². The Morgan fingerprint density at radius 3 is 2.36 bits per heavy atom. The number of sulfonamides is 1. The van der Waals surface area contributed by atoms with Crippen LogP contribution < -0.4 is 10.5 Å². The largest absolute Gasteiger partial charge is 0.480 e. The Bertz CT molecular complexity index is 1240. The number of ether oxygens (including phenoxy) is 1. The number of hydrogen-bond donors (Lipinski definition) is 2. The Hall–Kier alpha value is -3.27. The van der Waals surface area contributed by atoms with Crippen LogP contribution in [0.4, 0.5) is 4.39 Å². The van der Waals surface area contributed by atoms with Crippen LogP contribution in [0, 0.1) is 5.82 Å². The Morgan fingerprint density at radius 2 is 1.73 bits per heavy atom. The molecule has 172 valence electrons. The summed E-state index contributed by atoms with van der Waals surface area (Å²) in [6, 6.07) is 19.9. The molecule has 1 heterocycles. The summed E-state index contributed by atoms with van der Waals surface area (Å²) in [6.45, 7) is 0.130. The van der Waals surface area contributed by atoms with E-state index in [1.165, 1.54) is 40.7 Å². The molecule has 33 heavy (non-hydrogen) atoms. The number of nitrogens with two attached hydrogens (primary N) is 1. The summed E-state index contributed by atoms with van der Waals surface area (Å²) in [7, 11) is -3.85. The number of benzene rings is 3. The maximum atomic E-state index is 13.3. The zero-order valence-electron chi connectivity index (χ0n) is 17.6. The molecule has 1 unspecified atom stereocenters. The van der Waals surface area contributed by atoms with Crippen LogP contribution in [0.2, 0.25) is 0 Å². The fourth-order valence-electron chi connectivity index (χ4n) is 3.79. The van der Waals surface area contributed by atoms with Crippen LogP contribution >= 0.6 is 0 Å². The first-order valence-corrected chi connectivity index (χ1v) is 11.7. The van der Waals surface area contributed by atoms with Crippen molar-refractivity contribution in [3.05, 3.63) is 95.8 Å². The molecule has 0 spiro atoms. The number of rotatable bonds is 8. The van der Waals surface area contributed by atoms with E-state index < -0.39 is 33.5 Å². The Balaban J connectivity index is 1.58. The second-order valence-electron chi connectivity index (χ2n) is 7.99. The van der Waals surface area contributed by atoms with Crippen LogP contribution in [0.15, 0.2) is 83.8 Å². The molecule has 1 saturated heterocycles. The molecule has 4 rings (SSSR count). The van der Waals surface area contributed by atoms with Crippen molar-refractivity contribution in [2.75, 3.05) is 13.1 Å². The summed E-state index contributed by atoms with van der Waals surface area (Å²) < 4.78 is 47.4. The first-order chi connectivity index (χ1) is 15.7. The molecule has 3 N–H and O–H groups in total. The van der Waals surface area contributed by atoms with Gasteiger partial charge in [0.05, 0.1) is 18.0 Å². The van der Waals surface area contributed by atoms with Crippen molar-refractivity contribution in [1.29, 1.82) is 0 Å². The van der Waals surface area contributed by atoms with Crippen molar-refractivity contribution >= 4 is 16.0 Å². The van der Waals surface area contributed by atoms with Crippen LogP contribution in [-0.2, 0) is 26.8 Å².